The number of carbonyl (C=O) groups is 2. The Balaban J connectivity index is 1.27. The Kier molecular flexibility index (Phi) is 6.97. The Morgan fingerprint density at radius 3 is 2.64 bits per heavy atom. The smallest absolute Gasteiger partial charge is 0.317 e. The van der Waals surface area contributed by atoms with Crippen LogP contribution in [0.15, 0.2) is 53.1 Å². The Morgan fingerprint density at radius 2 is 1.91 bits per heavy atom. The van der Waals surface area contributed by atoms with Gasteiger partial charge in [0.1, 0.15) is 5.82 Å². The number of rotatable bonds is 7. The molecule has 8 nitrogen and oxygen atoms in total. The zero-order valence-electron chi connectivity index (χ0n) is 18.5. The molecule has 1 fully saturated rings. The highest BCUT2D eigenvalue weighted by Gasteiger charge is 2.20. The molecular formula is C24H26FN5O3. The number of carbonyl (C=O) groups excluding carboxylic acids is 2. The minimum absolute atomic E-state index is 0.0454. The van der Waals surface area contributed by atoms with E-state index in [0.29, 0.717) is 35.8 Å². The molecule has 2 aromatic carbocycles. The van der Waals surface area contributed by atoms with Crippen LogP contribution in [0.3, 0.4) is 0 Å². The van der Waals surface area contributed by atoms with Crippen LogP contribution < -0.4 is 5.32 Å². The van der Waals surface area contributed by atoms with Gasteiger partial charge in [0.05, 0.1) is 0 Å². The van der Waals surface area contributed by atoms with Gasteiger partial charge in [-0.25, -0.2) is 9.18 Å². The Bertz CT molecular complexity index is 1110. The van der Waals surface area contributed by atoms with Crippen LogP contribution in [0.5, 0.6) is 0 Å². The number of benzene rings is 2. The van der Waals surface area contributed by atoms with E-state index in [4.69, 9.17) is 4.52 Å². The lowest BCUT2D eigenvalue weighted by Crippen LogP contribution is -2.38. The van der Waals surface area contributed by atoms with E-state index >= 15 is 0 Å². The normalized spacial score (nSPS) is 13.2. The van der Waals surface area contributed by atoms with Crippen LogP contribution in [0, 0.1) is 5.82 Å². The third-order valence-corrected chi connectivity index (χ3v) is 5.59. The third kappa shape index (κ3) is 5.74. The summed E-state index contributed by atoms with van der Waals surface area (Å²) in [7, 11) is 1.66. The van der Waals surface area contributed by atoms with Gasteiger partial charge in [0, 0.05) is 50.8 Å². The predicted octanol–water partition coefficient (Wildman–Crippen LogP) is 3.50. The molecule has 0 atom stereocenters. The van der Waals surface area contributed by atoms with Crippen molar-refractivity contribution in [3.05, 3.63) is 71.3 Å². The van der Waals surface area contributed by atoms with Crippen LogP contribution in [0.4, 0.5) is 9.18 Å². The van der Waals surface area contributed by atoms with E-state index in [1.165, 1.54) is 17.0 Å². The Labute approximate surface area is 191 Å². The summed E-state index contributed by atoms with van der Waals surface area (Å²) < 4.78 is 18.6. The van der Waals surface area contributed by atoms with Crippen LogP contribution in [-0.4, -0.2) is 58.6 Å². The minimum Gasteiger partial charge on any atom is -0.339 e. The van der Waals surface area contributed by atoms with Crippen molar-refractivity contribution in [2.75, 3.05) is 26.7 Å². The molecule has 3 aromatic rings. The standard InChI is InChI=1S/C24H26FN5O3/c1-29(24(32)26-16-17-5-4-6-20(25)15-17)14-11-21-27-22(33-28-21)18-7-9-19(10-8-18)23(31)30-12-2-3-13-30/h4-10,15H,2-3,11-14,16H2,1H3,(H,26,32). The average molecular weight is 452 g/mol. The molecule has 172 valence electrons. The van der Waals surface area contributed by atoms with E-state index in [-0.39, 0.29) is 24.3 Å². The number of halogens is 1. The molecule has 0 saturated carbocycles. The number of likely N-dealkylation sites (N-methyl/N-ethyl adjacent to an activating group) is 1. The summed E-state index contributed by atoms with van der Waals surface area (Å²) in [6.45, 7) is 2.25. The first-order valence-electron chi connectivity index (χ1n) is 11.0. The summed E-state index contributed by atoms with van der Waals surface area (Å²) in [6.07, 6.45) is 2.52. The predicted molar refractivity (Wildman–Crippen MR) is 120 cm³/mol. The largest absolute Gasteiger partial charge is 0.339 e. The number of nitrogens with one attached hydrogen (secondary N) is 1. The first-order chi connectivity index (χ1) is 16.0. The molecule has 1 N–H and O–H groups in total. The lowest BCUT2D eigenvalue weighted by atomic mass is 10.1. The third-order valence-electron chi connectivity index (χ3n) is 5.59. The monoisotopic (exact) mass is 451 g/mol. The summed E-state index contributed by atoms with van der Waals surface area (Å²) in [5, 5.41) is 6.74. The van der Waals surface area contributed by atoms with E-state index in [0.717, 1.165) is 31.5 Å². The van der Waals surface area contributed by atoms with Crippen molar-refractivity contribution in [3.63, 3.8) is 0 Å². The van der Waals surface area contributed by atoms with Gasteiger partial charge in [-0.05, 0) is 54.8 Å². The molecule has 3 amide bonds. The van der Waals surface area contributed by atoms with Crippen molar-refractivity contribution in [1.82, 2.24) is 25.3 Å². The first kappa shape index (κ1) is 22.4. The maximum absolute atomic E-state index is 13.2. The zero-order chi connectivity index (χ0) is 23.2. The Hall–Kier alpha value is -3.75. The number of hydrogen-bond acceptors (Lipinski definition) is 5. The van der Waals surface area contributed by atoms with E-state index < -0.39 is 0 Å². The number of likely N-dealkylation sites (tertiary alicyclic amines) is 1. The summed E-state index contributed by atoms with van der Waals surface area (Å²) in [4.78, 5) is 32.5. The molecule has 0 bridgehead atoms. The molecule has 1 saturated heterocycles. The maximum Gasteiger partial charge on any atom is 0.317 e. The molecule has 0 aliphatic carbocycles. The van der Waals surface area contributed by atoms with Gasteiger partial charge >= 0.3 is 6.03 Å². The van der Waals surface area contributed by atoms with E-state index in [9.17, 15) is 14.0 Å². The fraction of sp³-hybridized carbons (Fsp3) is 0.333. The quantitative estimate of drug-likeness (QED) is 0.594. The number of urea groups is 1. The summed E-state index contributed by atoms with van der Waals surface area (Å²) >= 11 is 0. The van der Waals surface area contributed by atoms with Gasteiger partial charge in [-0.1, -0.05) is 17.3 Å². The Morgan fingerprint density at radius 1 is 1.15 bits per heavy atom. The van der Waals surface area contributed by atoms with Crippen molar-refractivity contribution in [3.8, 4) is 11.5 Å². The highest BCUT2D eigenvalue weighted by atomic mass is 19.1. The van der Waals surface area contributed by atoms with Gasteiger partial charge in [-0.15, -0.1) is 0 Å². The van der Waals surface area contributed by atoms with Crippen LogP contribution in [0.2, 0.25) is 0 Å². The molecule has 0 spiro atoms. The van der Waals surface area contributed by atoms with Crippen molar-refractivity contribution in [1.29, 1.82) is 0 Å². The van der Waals surface area contributed by atoms with Crippen LogP contribution in [0.25, 0.3) is 11.5 Å². The van der Waals surface area contributed by atoms with Crippen molar-refractivity contribution >= 4 is 11.9 Å². The molecule has 4 rings (SSSR count). The van der Waals surface area contributed by atoms with Gasteiger partial charge in [-0.2, -0.15) is 4.98 Å². The van der Waals surface area contributed by atoms with E-state index in [2.05, 4.69) is 15.5 Å². The van der Waals surface area contributed by atoms with Gasteiger partial charge in [0.2, 0.25) is 0 Å². The molecule has 33 heavy (non-hydrogen) atoms. The molecule has 9 heteroatoms. The van der Waals surface area contributed by atoms with E-state index in [1.54, 1.807) is 43.4 Å². The summed E-state index contributed by atoms with van der Waals surface area (Å²) in [5.74, 6) is 0.551. The van der Waals surface area contributed by atoms with Crippen LogP contribution in [-0.2, 0) is 13.0 Å². The summed E-state index contributed by atoms with van der Waals surface area (Å²) in [5.41, 5.74) is 2.06. The molecule has 0 radical (unpaired) electrons. The van der Waals surface area contributed by atoms with Crippen molar-refractivity contribution in [2.24, 2.45) is 0 Å². The van der Waals surface area contributed by atoms with Gasteiger partial charge in [0.15, 0.2) is 5.82 Å². The second-order valence-corrected chi connectivity index (χ2v) is 8.05. The zero-order valence-corrected chi connectivity index (χ0v) is 18.5. The number of hydrogen-bond donors (Lipinski definition) is 1. The lowest BCUT2D eigenvalue weighted by molar-refractivity contribution is 0.0793. The van der Waals surface area contributed by atoms with Crippen LogP contribution >= 0.6 is 0 Å². The fourth-order valence-corrected chi connectivity index (χ4v) is 3.66. The van der Waals surface area contributed by atoms with Gasteiger partial charge in [-0.3, -0.25) is 4.79 Å². The van der Waals surface area contributed by atoms with Crippen molar-refractivity contribution < 1.29 is 18.5 Å². The van der Waals surface area contributed by atoms with E-state index in [1.807, 2.05) is 4.90 Å². The number of aromatic nitrogens is 2. The lowest BCUT2D eigenvalue weighted by Gasteiger charge is -2.17. The average Bonchev–Trinajstić information content (AvgIpc) is 3.53. The molecule has 2 heterocycles. The molecule has 1 aromatic heterocycles. The second kappa shape index (κ2) is 10.2. The second-order valence-electron chi connectivity index (χ2n) is 8.05. The van der Waals surface area contributed by atoms with Crippen LogP contribution in [0.1, 0.15) is 34.6 Å². The highest BCUT2D eigenvalue weighted by molar-refractivity contribution is 5.94. The first-order valence-corrected chi connectivity index (χ1v) is 11.0. The topological polar surface area (TPSA) is 91.6 Å². The maximum atomic E-state index is 13.2. The van der Waals surface area contributed by atoms with Crippen molar-refractivity contribution in [2.45, 2.75) is 25.8 Å². The molecule has 1 aliphatic rings. The van der Waals surface area contributed by atoms with Gasteiger partial charge < -0.3 is 19.6 Å². The highest BCUT2D eigenvalue weighted by Crippen LogP contribution is 2.20. The molecule has 1 aliphatic heterocycles. The fourth-order valence-electron chi connectivity index (χ4n) is 3.66. The molecular weight excluding hydrogens is 425 g/mol. The number of nitrogens with zero attached hydrogens (tertiary/aromatic N) is 4. The number of amides is 3. The SMILES string of the molecule is CN(CCc1noc(-c2ccc(C(=O)N3CCCC3)cc2)n1)C(=O)NCc1cccc(F)c1. The summed E-state index contributed by atoms with van der Waals surface area (Å²) in [6, 6.07) is 13.0. The molecule has 0 unspecified atom stereocenters. The van der Waals surface area contributed by atoms with Gasteiger partial charge in [0.25, 0.3) is 11.8 Å². The minimum atomic E-state index is -0.337.